The van der Waals surface area contributed by atoms with E-state index in [9.17, 15) is 48.3 Å². The second-order valence-corrected chi connectivity index (χ2v) is 29.4. The summed E-state index contributed by atoms with van der Waals surface area (Å²) in [5.41, 5.74) is 10.9. The molecular weight excluding hydrogens is 1550 g/mol. The number of hydrogen-bond acceptors (Lipinski definition) is 20. The Hall–Kier alpha value is -7.33. The highest BCUT2D eigenvalue weighted by Crippen LogP contribution is 2.31. The van der Waals surface area contributed by atoms with Crippen LogP contribution in [-0.4, -0.2) is 238 Å². The molecule has 31 heteroatoms. The van der Waals surface area contributed by atoms with Crippen molar-refractivity contribution in [2.24, 2.45) is 29.4 Å². The highest BCUT2D eigenvalue weighted by Gasteiger charge is 2.43. The number of alkyl halides is 2. The third kappa shape index (κ3) is 29.6. The summed E-state index contributed by atoms with van der Waals surface area (Å²) in [5, 5.41) is 29.1. The number of hydrogen-bond donors (Lipinski definition) is 8. The first-order chi connectivity index (χ1) is 52.8. The first-order valence-electron chi connectivity index (χ1n) is 38.3. The molecule has 11 unspecified atom stereocenters. The second kappa shape index (κ2) is 49.9. The average Bonchev–Trinajstić information content (AvgIpc) is 1.36. The zero-order valence-corrected chi connectivity index (χ0v) is 69.3. The molecule has 9 N–H and O–H groups in total. The number of methoxy groups -OCH3 is 2. The van der Waals surface area contributed by atoms with Crippen LogP contribution in [0.15, 0.2) is 72.8 Å². The van der Waals surface area contributed by atoms with Crippen LogP contribution >= 0.6 is 31.9 Å². The topological polar surface area (TPSA) is 372 Å². The summed E-state index contributed by atoms with van der Waals surface area (Å²) in [6.07, 6.45) is 0.717. The summed E-state index contributed by atoms with van der Waals surface area (Å²) >= 11 is 6.88. The molecule has 0 bridgehead atoms. The lowest BCUT2D eigenvalue weighted by Gasteiger charge is -2.41. The molecule has 0 radical (unpaired) electrons. The number of nitrogens with zero attached hydrogens (tertiary/aromatic N) is 5. The van der Waals surface area contributed by atoms with Crippen LogP contribution in [0.5, 0.6) is 0 Å². The van der Waals surface area contributed by atoms with Crippen molar-refractivity contribution in [3.63, 3.8) is 0 Å². The van der Waals surface area contributed by atoms with Crippen molar-refractivity contribution in [1.82, 2.24) is 51.3 Å². The monoisotopic (exact) mass is 1670 g/mol. The smallest absolute Gasteiger partial charge is 0.410 e. The number of fused-ring (bicyclic) bond motifs is 1. The largest absolute Gasteiger partial charge is 0.445 e. The maximum atomic E-state index is 14.6. The number of rotatable bonds is 51. The van der Waals surface area contributed by atoms with Crippen LogP contribution in [-0.2, 0) is 84.0 Å². The molecule has 1 saturated heterocycles. The van der Waals surface area contributed by atoms with Crippen LogP contribution in [0.1, 0.15) is 159 Å². The Morgan fingerprint density at radius 1 is 0.709 bits per heavy atom. The lowest BCUT2D eigenvalue weighted by molar-refractivity contribution is -0.147. The van der Waals surface area contributed by atoms with Crippen LogP contribution in [0, 0.1) is 23.7 Å². The molecule has 9 amide bonds. The lowest BCUT2D eigenvalue weighted by Crippen LogP contribution is -2.57. The van der Waals surface area contributed by atoms with Crippen molar-refractivity contribution < 1.29 is 81.4 Å². The Labute approximate surface area is 665 Å². The first kappa shape index (κ1) is 93.3. The highest BCUT2D eigenvalue weighted by atomic mass is 79.9. The van der Waals surface area contributed by atoms with E-state index in [-0.39, 0.29) is 87.7 Å². The maximum absolute atomic E-state index is 14.6. The van der Waals surface area contributed by atoms with Gasteiger partial charge in [-0.3, -0.25) is 43.3 Å². The number of likely N-dealkylation sites (tertiary alicyclic amines) is 1. The Balaban J connectivity index is 1.03. The van der Waals surface area contributed by atoms with Gasteiger partial charge in [-0.25, -0.2) is 14.8 Å². The van der Waals surface area contributed by atoms with E-state index < -0.39 is 103 Å². The fourth-order valence-corrected chi connectivity index (χ4v) is 14.0. The molecule has 4 aromatic rings. The number of aliphatic hydroxyl groups excluding tert-OH is 1. The minimum absolute atomic E-state index is 0.0273. The Kier molecular flexibility index (Phi) is 42.3. The van der Waals surface area contributed by atoms with Gasteiger partial charge in [0.05, 0.1) is 131 Å². The van der Waals surface area contributed by atoms with Crippen molar-refractivity contribution in [1.29, 1.82) is 0 Å². The molecule has 5 rings (SSSR count). The molecule has 110 heavy (non-hydrogen) atoms. The van der Waals surface area contributed by atoms with E-state index in [0.29, 0.717) is 129 Å². The molecule has 3 aromatic carbocycles. The van der Waals surface area contributed by atoms with E-state index >= 15 is 0 Å². The quantitative estimate of drug-likeness (QED) is 0.0155. The minimum atomic E-state index is -1.05. The minimum Gasteiger partial charge on any atom is -0.445 e. The molecule has 1 aliphatic rings. The first-order valence-corrected chi connectivity index (χ1v) is 40.6. The summed E-state index contributed by atoms with van der Waals surface area (Å²) in [7, 11) is 4.49. The van der Waals surface area contributed by atoms with Gasteiger partial charge < -0.3 is 85.7 Å². The number of aliphatic hydroxyl groups is 1. The van der Waals surface area contributed by atoms with Gasteiger partial charge in [0.2, 0.25) is 41.4 Å². The van der Waals surface area contributed by atoms with Crippen molar-refractivity contribution in [3.05, 3.63) is 101 Å². The van der Waals surface area contributed by atoms with Gasteiger partial charge in [0.1, 0.15) is 24.7 Å². The Bertz CT molecular complexity index is 3510. The number of halogens is 2. The third-order valence-corrected chi connectivity index (χ3v) is 20.6. The second-order valence-electron chi connectivity index (χ2n) is 28.3. The van der Waals surface area contributed by atoms with E-state index in [4.69, 9.17) is 38.9 Å². The Morgan fingerprint density at radius 2 is 1.35 bits per heavy atom. The van der Waals surface area contributed by atoms with Crippen molar-refractivity contribution >= 4 is 102 Å². The number of nitrogens with one attached hydrogen (secondary N) is 6. The summed E-state index contributed by atoms with van der Waals surface area (Å²) in [6.45, 7) is 19.5. The predicted molar refractivity (Wildman–Crippen MR) is 426 cm³/mol. The van der Waals surface area contributed by atoms with E-state index in [0.717, 1.165) is 17.8 Å². The summed E-state index contributed by atoms with van der Waals surface area (Å²) < 4.78 is 40.2. The van der Waals surface area contributed by atoms with Gasteiger partial charge in [-0.2, -0.15) is 0 Å². The number of aromatic nitrogens is 2. The molecular formula is C79H120Br2N12O17. The molecule has 11 atom stereocenters. The summed E-state index contributed by atoms with van der Waals surface area (Å²) in [4.78, 5) is 138. The summed E-state index contributed by atoms with van der Waals surface area (Å²) in [6, 6.07) is 16.2. The molecule has 0 spiro atoms. The molecule has 1 aromatic heterocycles. The van der Waals surface area contributed by atoms with Gasteiger partial charge in [0, 0.05) is 69.2 Å². The van der Waals surface area contributed by atoms with Gasteiger partial charge in [-0.05, 0) is 105 Å². The number of unbranched alkanes of at least 4 members (excludes halogenated alkanes) is 1. The maximum Gasteiger partial charge on any atom is 0.410 e. The number of carbonyl (C=O) groups is 9. The average molecular weight is 1670 g/mol. The third-order valence-electron chi connectivity index (χ3n) is 19.5. The Morgan fingerprint density at radius 3 is 1.94 bits per heavy atom. The van der Waals surface area contributed by atoms with Gasteiger partial charge in [0.25, 0.3) is 5.91 Å². The van der Waals surface area contributed by atoms with Crippen LogP contribution in [0.4, 0.5) is 10.5 Å². The molecule has 1 aliphatic heterocycles. The van der Waals surface area contributed by atoms with E-state index in [2.05, 4.69) is 73.7 Å². The zero-order valence-electron chi connectivity index (χ0n) is 66.2. The van der Waals surface area contributed by atoms with Crippen LogP contribution in [0.25, 0.3) is 11.0 Å². The van der Waals surface area contributed by atoms with E-state index in [1.54, 1.807) is 106 Å². The zero-order chi connectivity index (χ0) is 80.8. The number of ether oxygens (including phenoxy) is 7. The van der Waals surface area contributed by atoms with Crippen LogP contribution in [0.2, 0.25) is 0 Å². The van der Waals surface area contributed by atoms with Gasteiger partial charge in [-0.1, -0.05) is 143 Å². The molecule has 29 nitrogen and oxygen atoms in total. The van der Waals surface area contributed by atoms with Crippen molar-refractivity contribution in [3.8, 4) is 0 Å². The number of likely N-dealkylation sites (N-methyl/N-ethyl adjacent to an activating group) is 1. The fraction of sp³-hybridized carbons (Fsp3) is 0.633. The predicted octanol–water partition coefficient (Wildman–Crippen LogP) is 7.65. The van der Waals surface area contributed by atoms with Crippen molar-refractivity contribution in [2.45, 2.75) is 192 Å². The van der Waals surface area contributed by atoms with Gasteiger partial charge in [-0.15, -0.1) is 0 Å². The number of nitrogens with two attached hydrogens (primary N) is 1. The molecule has 0 aliphatic carbocycles. The summed E-state index contributed by atoms with van der Waals surface area (Å²) in [5.74, 6) is -4.80. The van der Waals surface area contributed by atoms with Crippen molar-refractivity contribution in [2.75, 3.05) is 112 Å². The number of carbonyl (C=O) groups excluding carboxylic acids is 9. The molecule has 1 fully saturated rings. The highest BCUT2D eigenvalue weighted by molar-refractivity contribution is 9.09. The van der Waals surface area contributed by atoms with E-state index in [1.165, 1.54) is 26.2 Å². The number of anilines is 1. The number of amides is 9. The molecule has 612 valence electrons. The van der Waals surface area contributed by atoms with Crippen LogP contribution in [0.3, 0.4) is 0 Å². The fourth-order valence-electron chi connectivity index (χ4n) is 13.1. The van der Waals surface area contributed by atoms with Gasteiger partial charge >= 0.3 is 6.09 Å². The SMILES string of the molecule is CCCCN(C(=O)CNC(=O)C(C(C)C)N(C)C(=O)OCc1ccc(NC(=O)C(CCCN)NC(=O)C(NC(=O)CCOCCOCCOCCOCCNC(=O)c2ccc3nc(CBr)c(CBr)nc3c2)C(C)C)cc1)C(C(C)CC)C(CC(=O)N1CCCC1C(OC)C(C)C(=O)NC(C)C(O)c1ccccc1)OC. The molecule has 2 heterocycles. The lowest BCUT2D eigenvalue weighted by atomic mass is 9.89. The van der Waals surface area contributed by atoms with E-state index in [1.807, 2.05) is 39.0 Å². The number of benzene rings is 3. The molecule has 0 saturated carbocycles. The van der Waals surface area contributed by atoms with Crippen LogP contribution < -0.4 is 37.6 Å². The normalized spacial score (nSPS) is 15.7. The van der Waals surface area contributed by atoms with Gasteiger partial charge in [0.15, 0.2) is 0 Å². The standard InChI is InChI=1S/C79H120Br2N12O17/c1-13-15-34-93(71(52(7)14-2)65(104-11)45-67(95)92-35-20-24-64(92)73(105-12)53(8)74(98)85-54(9)72(97)56-21-17-16-18-22-56)68(96)48-84-78(102)70(51(5)6)91(10)79(103)110-49-55-25-28-58(29-26-55)86-76(100)60(23-19-32-82)89-77(101)69(50(3)4)90-66(94)31-36-106-38-40-108-42-43-109-41-39-107-37-33-83-75(99)57-27-30-59-61(44-57)88-63(47-81)62(46-80)87-59/h16-18,21-22,25-30,44,50-54,60,64-65,69-73,97H,13-15,19-20,23-24,31-43,45-49,82H2,1-12H3,(H,83,99)(H,84,102)(H,85,98)(H,86,100)(H,89,101)(H,90,94).